The van der Waals surface area contributed by atoms with Gasteiger partial charge in [0.25, 0.3) is 0 Å². The Morgan fingerprint density at radius 2 is 2.14 bits per heavy atom. The molecule has 0 bridgehead atoms. The van der Waals surface area contributed by atoms with Crippen molar-refractivity contribution in [3.63, 3.8) is 0 Å². The fourth-order valence-electron chi connectivity index (χ4n) is 1.73. The van der Waals surface area contributed by atoms with Crippen molar-refractivity contribution < 1.29 is 9.84 Å². The highest BCUT2D eigenvalue weighted by molar-refractivity contribution is 6.31. The molecule has 0 saturated carbocycles. The molecule has 1 aliphatic rings. The van der Waals surface area contributed by atoms with Gasteiger partial charge in [0, 0.05) is 44.0 Å². The molecular weight excluding hydrogens is 202 g/mol. The largest absolute Gasteiger partial charge is 0.385 e. The topological polar surface area (TPSA) is 42.4 Å². The maximum Gasteiger partial charge on any atom is 0.0955 e. The van der Waals surface area contributed by atoms with Gasteiger partial charge in [0.1, 0.15) is 0 Å². The fraction of sp³-hybridized carbons (Fsp3) is 0.500. The zero-order chi connectivity index (χ0) is 10.0. The first-order chi connectivity index (χ1) is 6.72. The number of aliphatic hydroxyl groups is 1. The zero-order valence-corrected chi connectivity index (χ0v) is 8.50. The van der Waals surface area contributed by atoms with Crippen molar-refractivity contribution in [2.24, 2.45) is 0 Å². The molecular formula is C10H12ClNO2. The van der Waals surface area contributed by atoms with Gasteiger partial charge in [-0.05, 0) is 6.07 Å². The summed E-state index contributed by atoms with van der Waals surface area (Å²) in [6.07, 6.45) is 4.40. The van der Waals surface area contributed by atoms with Crippen LogP contribution in [0.2, 0.25) is 5.02 Å². The first-order valence-corrected chi connectivity index (χ1v) is 5.00. The maximum absolute atomic E-state index is 10.3. The van der Waals surface area contributed by atoms with Crippen LogP contribution in [0.15, 0.2) is 18.5 Å². The Balaban J connectivity index is 2.32. The molecule has 0 radical (unpaired) electrons. The molecule has 0 unspecified atom stereocenters. The summed E-state index contributed by atoms with van der Waals surface area (Å²) >= 11 is 5.98. The minimum absolute atomic E-state index is 0.525. The fourth-order valence-corrected chi connectivity index (χ4v) is 2.03. The third-order valence-electron chi connectivity index (χ3n) is 2.59. The van der Waals surface area contributed by atoms with Crippen LogP contribution in [0.3, 0.4) is 0 Å². The lowest BCUT2D eigenvalue weighted by atomic mass is 9.87. The first-order valence-electron chi connectivity index (χ1n) is 4.62. The molecule has 4 heteroatoms. The van der Waals surface area contributed by atoms with E-state index in [0.29, 0.717) is 31.1 Å². The van der Waals surface area contributed by atoms with Gasteiger partial charge in [0.15, 0.2) is 0 Å². The van der Waals surface area contributed by atoms with E-state index in [4.69, 9.17) is 16.3 Å². The third-order valence-corrected chi connectivity index (χ3v) is 2.89. The molecule has 0 amide bonds. The van der Waals surface area contributed by atoms with Crippen LogP contribution in [0.5, 0.6) is 0 Å². The minimum atomic E-state index is -0.835. The lowest BCUT2D eigenvalue weighted by Crippen LogP contribution is -2.33. The van der Waals surface area contributed by atoms with Crippen LogP contribution >= 0.6 is 11.6 Å². The second-order valence-electron chi connectivity index (χ2n) is 3.50. The van der Waals surface area contributed by atoms with E-state index in [1.54, 1.807) is 18.5 Å². The molecule has 1 N–H and O–H groups in total. The van der Waals surface area contributed by atoms with E-state index < -0.39 is 5.60 Å². The standard InChI is InChI=1S/C10H12ClNO2/c11-9-7-12-4-1-8(9)10(13)2-5-14-6-3-10/h1,4,7,13H,2-3,5-6H2. The summed E-state index contributed by atoms with van der Waals surface area (Å²) in [5.41, 5.74) is -0.0735. The molecule has 0 aromatic carbocycles. The Labute approximate surface area is 87.7 Å². The van der Waals surface area contributed by atoms with E-state index in [0.717, 1.165) is 5.56 Å². The molecule has 14 heavy (non-hydrogen) atoms. The number of hydrogen-bond acceptors (Lipinski definition) is 3. The van der Waals surface area contributed by atoms with Crippen LogP contribution in [0.4, 0.5) is 0 Å². The Bertz CT molecular complexity index is 324. The van der Waals surface area contributed by atoms with Crippen LogP contribution in [0.25, 0.3) is 0 Å². The van der Waals surface area contributed by atoms with E-state index in [9.17, 15) is 5.11 Å². The van der Waals surface area contributed by atoms with Gasteiger partial charge in [0.05, 0.1) is 10.6 Å². The smallest absolute Gasteiger partial charge is 0.0955 e. The monoisotopic (exact) mass is 213 g/mol. The van der Waals surface area contributed by atoms with E-state index in [1.807, 2.05) is 0 Å². The van der Waals surface area contributed by atoms with Gasteiger partial charge in [0.2, 0.25) is 0 Å². The number of halogens is 1. The van der Waals surface area contributed by atoms with Gasteiger partial charge in [-0.15, -0.1) is 0 Å². The highest BCUT2D eigenvalue weighted by atomic mass is 35.5. The molecule has 2 rings (SSSR count). The first kappa shape index (κ1) is 9.90. The van der Waals surface area contributed by atoms with Crippen molar-refractivity contribution in [2.75, 3.05) is 13.2 Å². The van der Waals surface area contributed by atoms with Gasteiger partial charge in [-0.25, -0.2) is 0 Å². The van der Waals surface area contributed by atoms with Crippen LogP contribution in [-0.4, -0.2) is 23.3 Å². The molecule has 76 valence electrons. The Morgan fingerprint density at radius 3 is 2.79 bits per heavy atom. The Kier molecular flexibility index (Phi) is 2.72. The minimum Gasteiger partial charge on any atom is -0.385 e. The van der Waals surface area contributed by atoms with Gasteiger partial charge in [-0.2, -0.15) is 0 Å². The molecule has 2 heterocycles. The number of hydrogen-bond donors (Lipinski definition) is 1. The second-order valence-corrected chi connectivity index (χ2v) is 3.91. The van der Waals surface area contributed by atoms with Crippen molar-refractivity contribution in [3.8, 4) is 0 Å². The maximum atomic E-state index is 10.3. The van der Waals surface area contributed by atoms with E-state index in [1.165, 1.54) is 0 Å². The summed E-state index contributed by atoms with van der Waals surface area (Å²) in [5, 5.41) is 10.9. The number of ether oxygens (including phenoxy) is 1. The predicted octanol–water partition coefficient (Wildman–Crippen LogP) is 1.73. The van der Waals surface area contributed by atoms with Crippen molar-refractivity contribution in [1.29, 1.82) is 0 Å². The summed E-state index contributed by atoms with van der Waals surface area (Å²) in [6, 6.07) is 1.77. The quantitative estimate of drug-likeness (QED) is 0.773. The average molecular weight is 214 g/mol. The number of pyridine rings is 1. The summed E-state index contributed by atoms with van der Waals surface area (Å²) in [4.78, 5) is 3.90. The van der Waals surface area contributed by atoms with Crippen LogP contribution in [-0.2, 0) is 10.3 Å². The summed E-state index contributed by atoms with van der Waals surface area (Å²) < 4.78 is 5.21. The van der Waals surface area contributed by atoms with Gasteiger partial charge in [-0.3, -0.25) is 4.98 Å². The molecule has 1 saturated heterocycles. The van der Waals surface area contributed by atoms with Crippen LogP contribution < -0.4 is 0 Å². The molecule has 1 aliphatic heterocycles. The highest BCUT2D eigenvalue weighted by Gasteiger charge is 2.33. The molecule has 3 nitrogen and oxygen atoms in total. The van der Waals surface area contributed by atoms with Crippen molar-refractivity contribution in [1.82, 2.24) is 4.98 Å². The lowest BCUT2D eigenvalue weighted by molar-refractivity contribution is -0.0678. The number of aromatic nitrogens is 1. The van der Waals surface area contributed by atoms with Gasteiger partial charge >= 0.3 is 0 Å². The highest BCUT2D eigenvalue weighted by Crippen LogP contribution is 2.35. The molecule has 1 aromatic rings. The van der Waals surface area contributed by atoms with E-state index >= 15 is 0 Å². The average Bonchev–Trinajstić information content (AvgIpc) is 2.19. The van der Waals surface area contributed by atoms with Crippen molar-refractivity contribution >= 4 is 11.6 Å². The summed E-state index contributed by atoms with van der Waals surface area (Å²) in [7, 11) is 0. The van der Waals surface area contributed by atoms with Gasteiger partial charge in [-0.1, -0.05) is 11.6 Å². The molecule has 0 aliphatic carbocycles. The van der Waals surface area contributed by atoms with E-state index in [-0.39, 0.29) is 0 Å². The molecule has 0 spiro atoms. The van der Waals surface area contributed by atoms with Crippen LogP contribution in [0, 0.1) is 0 Å². The zero-order valence-electron chi connectivity index (χ0n) is 7.74. The molecule has 1 aromatic heterocycles. The number of rotatable bonds is 1. The van der Waals surface area contributed by atoms with E-state index in [2.05, 4.69) is 4.98 Å². The van der Waals surface area contributed by atoms with Crippen molar-refractivity contribution in [2.45, 2.75) is 18.4 Å². The molecule has 0 atom stereocenters. The van der Waals surface area contributed by atoms with Gasteiger partial charge < -0.3 is 9.84 Å². The Hall–Kier alpha value is -0.640. The summed E-state index contributed by atoms with van der Waals surface area (Å²) in [5.74, 6) is 0. The van der Waals surface area contributed by atoms with Crippen molar-refractivity contribution in [3.05, 3.63) is 29.0 Å². The lowest BCUT2D eigenvalue weighted by Gasteiger charge is -2.32. The second kappa shape index (κ2) is 3.85. The predicted molar refractivity (Wildman–Crippen MR) is 53.2 cm³/mol. The normalized spacial score (nSPS) is 20.7. The third kappa shape index (κ3) is 1.75. The molecule has 1 fully saturated rings. The van der Waals surface area contributed by atoms with Crippen LogP contribution in [0.1, 0.15) is 18.4 Å². The Morgan fingerprint density at radius 1 is 1.43 bits per heavy atom. The SMILES string of the molecule is OC1(c2ccncc2Cl)CCOCC1. The summed E-state index contributed by atoms with van der Waals surface area (Å²) in [6.45, 7) is 1.16. The number of nitrogens with zero attached hydrogens (tertiary/aromatic N) is 1.